The Balaban J connectivity index is 2.23. The van der Waals surface area contributed by atoms with Crippen LogP contribution in [0, 0.1) is 0 Å². The first-order valence-corrected chi connectivity index (χ1v) is 4.28. The summed E-state index contributed by atoms with van der Waals surface area (Å²) in [6, 6.07) is 8.94. The Bertz CT molecular complexity index is 301. The standard InChI is InChI=1S/C10H10F2O3/c11-10(12)15-7-9(13)14-6-8-4-2-1-3-5-8/h1-5,10H,6-7H2. The van der Waals surface area contributed by atoms with Crippen molar-refractivity contribution in [1.29, 1.82) is 0 Å². The van der Waals surface area contributed by atoms with Gasteiger partial charge in [0.1, 0.15) is 6.61 Å². The Kier molecular flexibility index (Phi) is 4.70. The molecule has 0 saturated carbocycles. The zero-order chi connectivity index (χ0) is 11.1. The molecule has 1 aromatic carbocycles. The molecule has 0 radical (unpaired) electrons. The number of carbonyl (C=O) groups excluding carboxylic acids is 1. The maximum atomic E-state index is 11.5. The van der Waals surface area contributed by atoms with E-state index in [0.717, 1.165) is 5.56 Å². The first-order valence-electron chi connectivity index (χ1n) is 4.28. The molecule has 0 aromatic heterocycles. The normalized spacial score (nSPS) is 10.3. The molecule has 0 bridgehead atoms. The molecule has 15 heavy (non-hydrogen) atoms. The van der Waals surface area contributed by atoms with Gasteiger partial charge in [-0.25, -0.2) is 4.79 Å². The summed E-state index contributed by atoms with van der Waals surface area (Å²) in [5, 5.41) is 0. The van der Waals surface area contributed by atoms with Crippen LogP contribution < -0.4 is 0 Å². The number of benzene rings is 1. The summed E-state index contributed by atoms with van der Waals surface area (Å²) < 4.78 is 31.5. The summed E-state index contributed by atoms with van der Waals surface area (Å²) in [4.78, 5) is 10.8. The molecule has 0 unspecified atom stereocenters. The van der Waals surface area contributed by atoms with Crippen LogP contribution in [0.15, 0.2) is 30.3 Å². The first-order chi connectivity index (χ1) is 7.18. The summed E-state index contributed by atoms with van der Waals surface area (Å²) >= 11 is 0. The summed E-state index contributed by atoms with van der Waals surface area (Å²) in [6.45, 7) is -3.62. The van der Waals surface area contributed by atoms with Gasteiger partial charge in [0.2, 0.25) is 0 Å². The quantitative estimate of drug-likeness (QED) is 0.706. The second-order valence-corrected chi connectivity index (χ2v) is 2.72. The molecule has 3 nitrogen and oxygen atoms in total. The molecule has 5 heteroatoms. The zero-order valence-corrected chi connectivity index (χ0v) is 7.86. The van der Waals surface area contributed by atoms with Crippen molar-refractivity contribution in [2.75, 3.05) is 6.61 Å². The van der Waals surface area contributed by atoms with Crippen molar-refractivity contribution in [1.82, 2.24) is 0 Å². The Morgan fingerprint density at radius 1 is 1.27 bits per heavy atom. The predicted molar refractivity (Wildman–Crippen MR) is 48.2 cm³/mol. The van der Waals surface area contributed by atoms with Crippen LogP contribution in [0.5, 0.6) is 0 Å². The molecule has 0 saturated heterocycles. The Labute approximate surface area is 85.6 Å². The number of ether oxygens (including phenoxy) is 2. The fourth-order valence-electron chi connectivity index (χ4n) is 0.911. The van der Waals surface area contributed by atoms with Crippen LogP contribution in [0.25, 0.3) is 0 Å². The van der Waals surface area contributed by atoms with Gasteiger partial charge in [-0.05, 0) is 5.56 Å². The fraction of sp³-hybridized carbons (Fsp3) is 0.300. The van der Waals surface area contributed by atoms with E-state index in [2.05, 4.69) is 9.47 Å². The molecule has 0 spiro atoms. The summed E-state index contributed by atoms with van der Waals surface area (Å²) in [5.74, 6) is -0.806. The van der Waals surface area contributed by atoms with E-state index in [1.165, 1.54) is 0 Å². The average Bonchev–Trinajstić information content (AvgIpc) is 2.25. The molecule has 0 aliphatic rings. The molecular formula is C10H10F2O3. The molecular weight excluding hydrogens is 206 g/mol. The highest BCUT2D eigenvalue weighted by atomic mass is 19.3. The second-order valence-electron chi connectivity index (χ2n) is 2.72. The topological polar surface area (TPSA) is 35.5 Å². The van der Waals surface area contributed by atoms with Gasteiger partial charge in [0, 0.05) is 0 Å². The molecule has 0 aliphatic heterocycles. The van der Waals surface area contributed by atoms with Gasteiger partial charge in [-0.2, -0.15) is 8.78 Å². The van der Waals surface area contributed by atoms with Crippen LogP contribution in [0.1, 0.15) is 5.56 Å². The summed E-state index contributed by atoms with van der Waals surface area (Å²) in [6.07, 6.45) is 0. The van der Waals surface area contributed by atoms with E-state index in [0.29, 0.717) is 0 Å². The van der Waals surface area contributed by atoms with Crippen LogP contribution >= 0.6 is 0 Å². The average molecular weight is 216 g/mol. The van der Waals surface area contributed by atoms with E-state index >= 15 is 0 Å². The third-order valence-corrected chi connectivity index (χ3v) is 1.57. The van der Waals surface area contributed by atoms with E-state index in [1.807, 2.05) is 6.07 Å². The van der Waals surface area contributed by atoms with E-state index in [-0.39, 0.29) is 6.61 Å². The van der Waals surface area contributed by atoms with Crippen LogP contribution in [0.3, 0.4) is 0 Å². The maximum Gasteiger partial charge on any atom is 0.345 e. The number of carbonyl (C=O) groups is 1. The monoisotopic (exact) mass is 216 g/mol. The van der Waals surface area contributed by atoms with E-state index in [9.17, 15) is 13.6 Å². The third-order valence-electron chi connectivity index (χ3n) is 1.57. The number of esters is 1. The zero-order valence-electron chi connectivity index (χ0n) is 7.86. The van der Waals surface area contributed by atoms with E-state index in [1.54, 1.807) is 24.3 Å². The molecule has 0 amide bonds. The van der Waals surface area contributed by atoms with Crippen LogP contribution in [0.4, 0.5) is 8.78 Å². The van der Waals surface area contributed by atoms with Crippen molar-refractivity contribution in [2.24, 2.45) is 0 Å². The summed E-state index contributed by atoms with van der Waals surface area (Å²) in [7, 11) is 0. The van der Waals surface area contributed by atoms with Gasteiger partial charge in [-0.15, -0.1) is 0 Å². The van der Waals surface area contributed by atoms with Gasteiger partial charge in [0.25, 0.3) is 0 Å². The number of hydrogen-bond acceptors (Lipinski definition) is 3. The first kappa shape index (κ1) is 11.6. The van der Waals surface area contributed by atoms with E-state index < -0.39 is 19.2 Å². The van der Waals surface area contributed by atoms with Crippen molar-refractivity contribution in [3.8, 4) is 0 Å². The SMILES string of the molecule is O=C(COC(F)F)OCc1ccccc1. The van der Waals surface area contributed by atoms with Gasteiger partial charge in [0.15, 0.2) is 6.61 Å². The van der Waals surface area contributed by atoms with Crippen LogP contribution in [-0.4, -0.2) is 19.2 Å². The molecule has 0 aliphatic carbocycles. The Hall–Kier alpha value is -1.49. The van der Waals surface area contributed by atoms with Crippen LogP contribution in [0.2, 0.25) is 0 Å². The maximum absolute atomic E-state index is 11.5. The lowest BCUT2D eigenvalue weighted by Gasteiger charge is -2.04. The number of alkyl halides is 2. The molecule has 0 atom stereocenters. The molecule has 0 N–H and O–H groups in total. The Morgan fingerprint density at radius 3 is 2.53 bits per heavy atom. The number of halogens is 2. The number of hydrogen-bond donors (Lipinski definition) is 0. The van der Waals surface area contributed by atoms with E-state index in [4.69, 9.17) is 0 Å². The molecule has 0 heterocycles. The lowest BCUT2D eigenvalue weighted by atomic mass is 10.2. The van der Waals surface area contributed by atoms with Gasteiger partial charge < -0.3 is 9.47 Å². The summed E-state index contributed by atoms with van der Waals surface area (Å²) in [5.41, 5.74) is 0.794. The van der Waals surface area contributed by atoms with Gasteiger partial charge in [-0.1, -0.05) is 30.3 Å². The smallest absolute Gasteiger partial charge is 0.345 e. The lowest BCUT2D eigenvalue weighted by Crippen LogP contribution is -2.14. The molecule has 1 aromatic rings. The predicted octanol–water partition coefficient (Wildman–Crippen LogP) is 1.97. The highest BCUT2D eigenvalue weighted by Crippen LogP contribution is 2.01. The highest BCUT2D eigenvalue weighted by Gasteiger charge is 2.08. The van der Waals surface area contributed by atoms with Crippen LogP contribution in [-0.2, 0) is 20.9 Å². The fourth-order valence-corrected chi connectivity index (χ4v) is 0.911. The minimum absolute atomic E-state index is 0.0618. The second kappa shape index (κ2) is 6.08. The minimum Gasteiger partial charge on any atom is -0.459 e. The molecule has 1 rings (SSSR count). The molecule has 0 fully saturated rings. The van der Waals surface area contributed by atoms with Crippen molar-refractivity contribution < 1.29 is 23.0 Å². The largest absolute Gasteiger partial charge is 0.459 e. The third kappa shape index (κ3) is 5.07. The van der Waals surface area contributed by atoms with Crippen molar-refractivity contribution in [3.05, 3.63) is 35.9 Å². The van der Waals surface area contributed by atoms with Crippen molar-refractivity contribution >= 4 is 5.97 Å². The molecule has 82 valence electrons. The van der Waals surface area contributed by atoms with Gasteiger partial charge in [0.05, 0.1) is 0 Å². The highest BCUT2D eigenvalue weighted by molar-refractivity contribution is 5.70. The minimum atomic E-state index is -2.95. The Morgan fingerprint density at radius 2 is 1.93 bits per heavy atom. The van der Waals surface area contributed by atoms with Gasteiger partial charge >= 0.3 is 12.6 Å². The van der Waals surface area contributed by atoms with Gasteiger partial charge in [-0.3, -0.25) is 0 Å². The lowest BCUT2D eigenvalue weighted by molar-refractivity contribution is -0.171. The number of rotatable bonds is 5. The van der Waals surface area contributed by atoms with Crippen molar-refractivity contribution in [3.63, 3.8) is 0 Å². The van der Waals surface area contributed by atoms with Crippen molar-refractivity contribution in [2.45, 2.75) is 13.2 Å².